The topological polar surface area (TPSA) is 224 Å². The number of hydrogen-bond acceptors (Lipinski definition) is 11. The molecule has 3 aliphatic carbocycles. The van der Waals surface area contributed by atoms with E-state index in [9.17, 15) is 39.6 Å². The number of nitrogens with one attached hydrogen (secondary N) is 2. The lowest BCUT2D eigenvalue weighted by Crippen LogP contribution is -2.67. The molecule has 2 amide bonds. The summed E-state index contributed by atoms with van der Waals surface area (Å²) in [6.07, 6.45) is 0.175. The van der Waals surface area contributed by atoms with E-state index < -0.39 is 69.8 Å². The van der Waals surface area contributed by atoms with Crippen molar-refractivity contribution in [3.8, 4) is 16.9 Å². The van der Waals surface area contributed by atoms with E-state index in [2.05, 4.69) is 5.32 Å². The molecule has 13 nitrogen and oxygen atoms in total. The number of ether oxygens (including phenoxy) is 1. The van der Waals surface area contributed by atoms with E-state index in [0.717, 1.165) is 0 Å². The highest BCUT2D eigenvalue weighted by Crippen LogP contribution is 2.53. The molecular weight excluding hydrogens is 596 g/mol. The summed E-state index contributed by atoms with van der Waals surface area (Å²) in [5.74, 6) is -6.21. The number of phenols is 1. The molecule has 4 atom stereocenters. The Kier molecular flexibility index (Phi) is 8.49. The Labute approximate surface area is 264 Å². The molecule has 0 aliphatic heterocycles. The molecule has 0 radical (unpaired) electrons. The number of amides is 2. The van der Waals surface area contributed by atoms with Gasteiger partial charge in [0.1, 0.15) is 22.8 Å². The maximum absolute atomic E-state index is 14.1. The third kappa shape index (κ3) is 5.11. The number of fused-ring (bicyclic) bond motifs is 3. The normalized spacial score (nSPS) is 23.9. The summed E-state index contributed by atoms with van der Waals surface area (Å²) in [6, 6.07) is 8.60. The number of nitrogens with two attached hydrogens (primary N) is 1. The molecule has 1 fully saturated rings. The molecule has 0 spiro atoms. The van der Waals surface area contributed by atoms with Crippen LogP contribution < -0.4 is 11.1 Å². The minimum absolute atomic E-state index is 0.0144. The molecule has 0 unspecified atom stereocenters. The fraction of sp³-hybridized carbons (Fsp3) is 0.364. The Bertz CT molecular complexity index is 1740. The SMILES string of the molecule is CCOC(=O)CCNC(=O)c1cccc(-c2ccc(O)c3c2C[C@H]2C[C@H]4[C@H](N(C)C)C(O)=C(C(N)=O)C(=N)[C@@]4(O)C(=O)C2=C3O)c1. The van der Waals surface area contributed by atoms with Crippen molar-refractivity contribution in [2.75, 3.05) is 27.2 Å². The summed E-state index contributed by atoms with van der Waals surface area (Å²) in [5.41, 5.74) is 3.12. The van der Waals surface area contributed by atoms with Gasteiger partial charge in [-0.05, 0) is 74.7 Å². The average Bonchev–Trinajstić information content (AvgIpc) is 2.99. The standard InChI is InChI=1S/C33H36N4O9/c1-4-46-22(39)10-11-36-32(44)16-7-5-6-15(12-16)18-8-9-21(38)24-19(18)13-17-14-20-26(37(2)3)28(41)25(31(35)43)29(34)33(20,45)30(42)23(17)27(24)40/h5-9,12,17,20,26,34,38,40-41,45H,4,10-11,13-14H2,1-3H3,(H2,35,43)(H,36,44)/t17-,20-,26-,33+/m0/s1. The van der Waals surface area contributed by atoms with E-state index in [1.165, 1.54) is 11.0 Å². The van der Waals surface area contributed by atoms with Crippen LogP contribution in [-0.4, -0.2) is 93.5 Å². The van der Waals surface area contributed by atoms with E-state index in [-0.39, 0.29) is 49.3 Å². The zero-order valence-corrected chi connectivity index (χ0v) is 25.6. The van der Waals surface area contributed by atoms with Gasteiger partial charge < -0.3 is 41.6 Å². The maximum Gasteiger partial charge on any atom is 0.307 e. The van der Waals surface area contributed by atoms with Gasteiger partial charge >= 0.3 is 5.97 Å². The molecule has 242 valence electrons. The van der Waals surface area contributed by atoms with Gasteiger partial charge in [0.15, 0.2) is 5.60 Å². The molecule has 0 heterocycles. The number of primary amides is 1. The first kappa shape index (κ1) is 32.4. The van der Waals surface area contributed by atoms with Gasteiger partial charge in [0.2, 0.25) is 5.78 Å². The largest absolute Gasteiger partial charge is 0.510 e. The number of benzene rings is 2. The zero-order valence-electron chi connectivity index (χ0n) is 25.6. The molecule has 2 aromatic rings. The second kappa shape index (κ2) is 12.1. The van der Waals surface area contributed by atoms with Crippen LogP contribution in [0, 0.1) is 17.2 Å². The number of likely N-dealkylation sites (N-methyl/N-ethyl adjacent to an activating group) is 1. The lowest BCUT2D eigenvalue weighted by atomic mass is 9.56. The summed E-state index contributed by atoms with van der Waals surface area (Å²) in [5, 5.41) is 56.6. The Morgan fingerprint density at radius 1 is 1.15 bits per heavy atom. The summed E-state index contributed by atoms with van der Waals surface area (Å²) in [6.45, 7) is 2.01. The van der Waals surface area contributed by atoms with Gasteiger partial charge in [-0.3, -0.25) is 24.1 Å². The number of rotatable bonds is 8. The van der Waals surface area contributed by atoms with E-state index in [4.69, 9.17) is 15.9 Å². The second-order valence-electron chi connectivity index (χ2n) is 11.9. The molecular formula is C33H36N4O9. The monoisotopic (exact) mass is 632 g/mol. The Morgan fingerprint density at radius 3 is 2.52 bits per heavy atom. The number of carbonyl (C=O) groups excluding carboxylic acids is 4. The van der Waals surface area contributed by atoms with Crippen molar-refractivity contribution in [1.82, 2.24) is 10.2 Å². The second-order valence-corrected chi connectivity index (χ2v) is 11.9. The Balaban J connectivity index is 1.55. The van der Waals surface area contributed by atoms with Crippen molar-refractivity contribution < 1.29 is 44.3 Å². The smallest absolute Gasteiger partial charge is 0.307 e. The van der Waals surface area contributed by atoms with Crippen LogP contribution >= 0.6 is 0 Å². The molecule has 8 N–H and O–H groups in total. The van der Waals surface area contributed by atoms with Crippen LogP contribution in [-0.2, 0) is 25.5 Å². The van der Waals surface area contributed by atoms with Crippen LogP contribution in [0.15, 0.2) is 53.3 Å². The number of ketones is 1. The minimum atomic E-state index is -2.58. The predicted molar refractivity (Wildman–Crippen MR) is 166 cm³/mol. The number of nitrogens with zero attached hydrogens (tertiary/aromatic N) is 1. The summed E-state index contributed by atoms with van der Waals surface area (Å²) < 4.78 is 4.88. The van der Waals surface area contributed by atoms with Crippen LogP contribution in [0.1, 0.15) is 41.3 Å². The van der Waals surface area contributed by atoms with Crippen molar-refractivity contribution in [2.45, 2.75) is 37.8 Å². The van der Waals surface area contributed by atoms with E-state index in [1.807, 2.05) is 0 Å². The van der Waals surface area contributed by atoms with Crippen LogP contribution in [0.3, 0.4) is 0 Å². The fourth-order valence-electron chi connectivity index (χ4n) is 7.01. The number of hydrogen-bond donors (Lipinski definition) is 7. The van der Waals surface area contributed by atoms with Gasteiger partial charge in [0.05, 0.1) is 30.3 Å². The molecule has 0 saturated heterocycles. The van der Waals surface area contributed by atoms with Gasteiger partial charge in [0, 0.05) is 23.6 Å². The summed E-state index contributed by atoms with van der Waals surface area (Å²) in [7, 11) is 3.18. The number of aromatic hydroxyl groups is 1. The van der Waals surface area contributed by atoms with Crippen LogP contribution in [0.4, 0.5) is 0 Å². The predicted octanol–water partition coefficient (Wildman–Crippen LogP) is 1.76. The van der Waals surface area contributed by atoms with Gasteiger partial charge in [-0.2, -0.15) is 0 Å². The molecule has 1 saturated carbocycles. The van der Waals surface area contributed by atoms with Crippen molar-refractivity contribution >= 4 is 35.0 Å². The quantitative estimate of drug-likeness (QED) is 0.209. The van der Waals surface area contributed by atoms with Crippen LogP contribution in [0.25, 0.3) is 16.9 Å². The molecule has 5 rings (SSSR count). The van der Waals surface area contributed by atoms with E-state index in [0.29, 0.717) is 22.3 Å². The Morgan fingerprint density at radius 2 is 1.87 bits per heavy atom. The first-order valence-corrected chi connectivity index (χ1v) is 14.8. The van der Waals surface area contributed by atoms with Crippen molar-refractivity contribution in [1.29, 1.82) is 5.41 Å². The van der Waals surface area contributed by atoms with Gasteiger partial charge in [0.25, 0.3) is 11.8 Å². The van der Waals surface area contributed by atoms with Crippen LogP contribution in [0.2, 0.25) is 0 Å². The van der Waals surface area contributed by atoms with Crippen molar-refractivity contribution in [3.63, 3.8) is 0 Å². The average molecular weight is 633 g/mol. The molecule has 0 aromatic heterocycles. The van der Waals surface area contributed by atoms with Crippen molar-refractivity contribution in [2.24, 2.45) is 17.6 Å². The first-order valence-electron chi connectivity index (χ1n) is 14.8. The summed E-state index contributed by atoms with van der Waals surface area (Å²) >= 11 is 0. The third-order valence-electron chi connectivity index (χ3n) is 9.01. The lowest BCUT2D eigenvalue weighted by molar-refractivity contribution is -0.143. The van der Waals surface area contributed by atoms with E-state index in [1.54, 1.807) is 51.4 Å². The lowest BCUT2D eigenvalue weighted by Gasteiger charge is -2.51. The summed E-state index contributed by atoms with van der Waals surface area (Å²) in [4.78, 5) is 52.4. The van der Waals surface area contributed by atoms with Gasteiger partial charge in [-0.25, -0.2) is 0 Å². The molecule has 2 aromatic carbocycles. The molecule has 3 aliphatic rings. The maximum atomic E-state index is 14.1. The number of aliphatic hydroxyl groups excluding tert-OH is 2. The molecule has 46 heavy (non-hydrogen) atoms. The molecule has 0 bridgehead atoms. The molecule has 13 heteroatoms. The highest BCUT2D eigenvalue weighted by Gasteiger charge is 2.63. The third-order valence-corrected chi connectivity index (χ3v) is 9.01. The van der Waals surface area contributed by atoms with Crippen LogP contribution in [0.5, 0.6) is 5.75 Å². The van der Waals surface area contributed by atoms with E-state index >= 15 is 0 Å². The minimum Gasteiger partial charge on any atom is -0.510 e. The van der Waals surface area contributed by atoms with Crippen molar-refractivity contribution in [3.05, 3.63) is 70.0 Å². The first-order chi connectivity index (χ1) is 21.7. The number of aliphatic hydroxyl groups is 3. The number of carbonyl (C=O) groups is 4. The van der Waals surface area contributed by atoms with Gasteiger partial charge in [-0.15, -0.1) is 0 Å². The number of phenolic OH excluding ortho intramolecular Hbond substituents is 1. The highest BCUT2D eigenvalue weighted by molar-refractivity contribution is 6.34. The van der Waals surface area contributed by atoms with Gasteiger partial charge in [-0.1, -0.05) is 18.2 Å². The number of esters is 1. The Hall–Kier alpha value is -5.01. The highest BCUT2D eigenvalue weighted by atomic mass is 16.5. The zero-order chi connectivity index (χ0) is 33.7. The number of Topliss-reactive ketones (excluding diaryl/α,β-unsaturated/α-hetero) is 1. The fourth-order valence-corrected chi connectivity index (χ4v) is 7.01.